The van der Waals surface area contributed by atoms with Gasteiger partial charge in [-0.05, 0) is 43.2 Å². The summed E-state index contributed by atoms with van der Waals surface area (Å²) in [6.45, 7) is 0. The van der Waals surface area contributed by atoms with E-state index in [1.807, 2.05) is 12.3 Å². The van der Waals surface area contributed by atoms with Gasteiger partial charge in [-0.1, -0.05) is 12.2 Å². The minimum atomic E-state index is 0.767. The van der Waals surface area contributed by atoms with Crippen molar-refractivity contribution in [3.63, 3.8) is 0 Å². The third-order valence-electron chi connectivity index (χ3n) is 4.15. The Morgan fingerprint density at radius 3 is 3.11 bits per heavy atom. The smallest absolute Gasteiger partial charge is 0.137 e. The number of aromatic nitrogens is 1. The second-order valence-corrected chi connectivity index (χ2v) is 5.34. The van der Waals surface area contributed by atoms with Crippen LogP contribution in [0.5, 0.6) is 5.75 Å². The molecule has 3 atom stereocenters. The van der Waals surface area contributed by atoms with Crippen molar-refractivity contribution < 1.29 is 4.74 Å². The summed E-state index contributed by atoms with van der Waals surface area (Å²) in [4.78, 5) is 4.16. The number of fused-ring (bicyclic) bond motifs is 2. The molecule has 96 valence electrons. The van der Waals surface area contributed by atoms with Crippen molar-refractivity contribution in [1.29, 1.82) is 0 Å². The number of allylic oxidation sites excluding steroid dienone is 1. The summed E-state index contributed by atoms with van der Waals surface area (Å²) in [6, 6.07) is 3.58. The van der Waals surface area contributed by atoms with E-state index in [-0.39, 0.29) is 0 Å². The zero-order chi connectivity index (χ0) is 12.4. The van der Waals surface area contributed by atoms with Gasteiger partial charge in [0.05, 0.1) is 13.3 Å². The summed E-state index contributed by atoms with van der Waals surface area (Å²) in [7, 11) is 1.67. The van der Waals surface area contributed by atoms with Crippen LogP contribution in [0.3, 0.4) is 0 Å². The summed E-state index contributed by atoms with van der Waals surface area (Å²) in [6.07, 6.45) is 13.3. The fraction of sp³-hybridized carbons (Fsp3) is 0.533. The number of rotatable bonds is 4. The number of pyridine rings is 1. The predicted molar refractivity (Wildman–Crippen MR) is 72.5 cm³/mol. The monoisotopic (exact) mass is 244 g/mol. The second-order valence-electron chi connectivity index (χ2n) is 5.34. The highest BCUT2D eigenvalue weighted by atomic mass is 16.5. The van der Waals surface area contributed by atoms with Crippen LogP contribution in [-0.4, -0.2) is 24.2 Å². The van der Waals surface area contributed by atoms with E-state index in [0.717, 1.165) is 29.3 Å². The summed E-state index contributed by atoms with van der Waals surface area (Å²) < 4.78 is 5.17. The first-order valence-corrected chi connectivity index (χ1v) is 6.77. The Balaban J connectivity index is 1.57. The van der Waals surface area contributed by atoms with Crippen molar-refractivity contribution >= 4 is 6.08 Å². The quantitative estimate of drug-likeness (QED) is 0.884. The molecule has 2 bridgehead atoms. The van der Waals surface area contributed by atoms with Gasteiger partial charge in [-0.15, -0.1) is 0 Å². The van der Waals surface area contributed by atoms with E-state index >= 15 is 0 Å². The van der Waals surface area contributed by atoms with Crippen molar-refractivity contribution in [2.75, 3.05) is 7.11 Å². The fourth-order valence-corrected chi connectivity index (χ4v) is 3.22. The van der Waals surface area contributed by atoms with Crippen molar-refractivity contribution in [3.05, 3.63) is 30.1 Å². The molecule has 18 heavy (non-hydrogen) atoms. The van der Waals surface area contributed by atoms with Gasteiger partial charge in [0, 0.05) is 18.3 Å². The SMILES string of the molecule is COc1cncc(C=CCC2CC3CCC2N3)c1. The highest BCUT2D eigenvalue weighted by Crippen LogP contribution is 2.35. The molecule has 0 aromatic carbocycles. The van der Waals surface area contributed by atoms with Crippen LogP contribution in [0.1, 0.15) is 31.2 Å². The average molecular weight is 244 g/mol. The lowest BCUT2D eigenvalue weighted by molar-refractivity contribution is 0.410. The van der Waals surface area contributed by atoms with E-state index in [1.165, 1.54) is 25.7 Å². The Hall–Kier alpha value is -1.35. The molecule has 0 radical (unpaired) electrons. The molecule has 0 spiro atoms. The van der Waals surface area contributed by atoms with Gasteiger partial charge in [-0.2, -0.15) is 0 Å². The summed E-state index contributed by atoms with van der Waals surface area (Å²) >= 11 is 0. The number of hydrogen-bond acceptors (Lipinski definition) is 3. The maximum absolute atomic E-state index is 5.17. The van der Waals surface area contributed by atoms with Crippen molar-refractivity contribution in [3.8, 4) is 5.75 Å². The largest absolute Gasteiger partial charge is 0.495 e. The predicted octanol–water partition coefficient (Wildman–Crippen LogP) is 2.63. The lowest BCUT2D eigenvalue weighted by atomic mass is 9.87. The third-order valence-corrected chi connectivity index (χ3v) is 4.15. The molecule has 3 heteroatoms. The average Bonchev–Trinajstić information content (AvgIpc) is 3.01. The van der Waals surface area contributed by atoms with E-state index in [0.29, 0.717) is 0 Å². The molecule has 1 N–H and O–H groups in total. The normalized spacial score (nSPS) is 30.2. The van der Waals surface area contributed by atoms with Crippen molar-refractivity contribution in [2.24, 2.45) is 5.92 Å². The number of hydrogen-bond donors (Lipinski definition) is 1. The molecule has 2 aliphatic heterocycles. The minimum absolute atomic E-state index is 0.767. The molecule has 0 amide bonds. The van der Waals surface area contributed by atoms with Crippen LogP contribution in [-0.2, 0) is 0 Å². The highest BCUT2D eigenvalue weighted by Gasteiger charge is 2.37. The lowest BCUT2D eigenvalue weighted by Gasteiger charge is -2.17. The Bertz CT molecular complexity index is 444. The molecule has 1 aromatic rings. The molecule has 3 rings (SSSR count). The Morgan fingerprint density at radius 1 is 1.44 bits per heavy atom. The van der Waals surface area contributed by atoms with Gasteiger partial charge in [0.25, 0.3) is 0 Å². The lowest BCUT2D eigenvalue weighted by Crippen LogP contribution is -2.22. The standard InChI is InChI=1S/C15H20N2O/c1-18-14-7-11(9-16-10-14)3-2-4-12-8-13-5-6-15(12)17-13/h2-3,7,9-10,12-13,15,17H,4-6,8H2,1H3. The maximum atomic E-state index is 5.17. The molecular formula is C15H20N2O. The molecule has 0 saturated carbocycles. The maximum Gasteiger partial charge on any atom is 0.137 e. The van der Waals surface area contributed by atoms with E-state index in [9.17, 15) is 0 Å². The van der Waals surface area contributed by atoms with Gasteiger partial charge in [0.2, 0.25) is 0 Å². The van der Waals surface area contributed by atoms with Gasteiger partial charge >= 0.3 is 0 Å². The van der Waals surface area contributed by atoms with Gasteiger partial charge in [-0.25, -0.2) is 0 Å². The molecule has 2 fully saturated rings. The van der Waals surface area contributed by atoms with E-state index in [2.05, 4.69) is 22.5 Å². The summed E-state index contributed by atoms with van der Waals surface area (Å²) in [5.74, 6) is 1.65. The van der Waals surface area contributed by atoms with Crippen LogP contribution in [0.25, 0.3) is 6.08 Å². The molecule has 0 aliphatic carbocycles. The van der Waals surface area contributed by atoms with Crippen LogP contribution in [0.2, 0.25) is 0 Å². The third kappa shape index (κ3) is 2.41. The zero-order valence-electron chi connectivity index (χ0n) is 10.8. The molecule has 2 aliphatic rings. The molecule has 3 nitrogen and oxygen atoms in total. The molecule has 1 aromatic heterocycles. The van der Waals surface area contributed by atoms with Gasteiger partial charge < -0.3 is 10.1 Å². The zero-order valence-corrected chi connectivity index (χ0v) is 10.8. The van der Waals surface area contributed by atoms with Crippen molar-refractivity contribution in [1.82, 2.24) is 10.3 Å². The molecule has 2 saturated heterocycles. The van der Waals surface area contributed by atoms with E-state index in [1.54, 1.807) is 13.3 Å². The van der Waals surface area contributed by atoms with Gasteiger partial charge in [-0.3, -0.25) is 4.98 Å². The number of nitrogens with one attached hydrogen (secondary N) is 1. The first kappa shape index (κ1) is 11.7. The highest BCUT2D eigenvalue weighted by molar-refractivity contribution is 5.49. The summed E-state index contributed by atoms with van der Waals surface area (Å²) in [5, 5.41) is 3.68. The minimum Gasteiger partial charge on any atom is -0.495 e. The number of nitrogens with zero attached hydrogens (tertiary/aromatic N) is 1. The van der Waals surface area contributed by atoms with Crippen molar-refractivity contribution in [2.45, 2.75) is 37.8 Å². The Labute approximate surface area is 108 Å². The van der Waals surface area contributed by atoms with Crippen LogP contribution < -0.4 is 10.1 Å². The van der Waals surface area contributed by atoms with Crippen LogP contribution in [0, 0.1) is 5.92 Å². The van der Waals surface area contributed by atoms with Crippen LogP contribution in [0.15, 0.2) is 24.5 Å². The molecular weight excluding hydrogens is 224 g/mol. The van der Waals surface area contributed by atoms with Gasteiger partial charge in [0.1, 0.15) is 5.75 Å². The van der Waals surface area contributed by atoms with Crippen LogP contribution in [0.4, 0.5) is 0 Å². The Morgan fingerprint density at radius 2 is 2.39 bits per heavy atom. The fourth-order valence-electron chi connectivity index (χ4n) is 3.22. The first-order valence-electron chi connectivity index (χ1n) is 6.77. The molecule has 3 unspecified atom stereocenters. The summed E-state index contributed by atoms with van der Waals surface area (Å²) in [5.41, 5.74) is 1.12. The van der Waals surface area contributed by atoms with E-state index < -0.39 is 0 Å². The molecule has 3 heterocycles. The second kappa shape index (κ2) is 5.11. The van der Waals surface area contributed by atoms with E-state index in [4.69, 9.17) is 4.74 Å². The number of methoxy groups -OCH3 is 1. The van der Waals surface area contributed by atoms with Crippen LogP contribution >= 0.6 is 0 Å². The van der Waals surface area contributed by atoms with Gasteiger partial charge in [0.15, 0.2) is 0 Å². The Kier molecular flexibility index (Phi) is 3.33. The number of ether oxygens (including phenoxy) is 1. The topological polar surface area (TPSA) is 34.1 Å². The first-order chi connectivity index (χ1) is 8.85.